The minimum Gasteiger partial charge on any atom is -0.495 e. The molecular formula is C11H17FN2O. The van der Waals surface area contributed by atoms with Gasteiger partial charge in [0.15, 0.2) is 0 Å². The van der Waals surface area contributed by atoms with Crippen molar-refractivity contribution in [3.05, 3.63) is 24.0 Å². The molecule has 0 unspecified atom stereocenters. The van der Waals surface area contributed by atoms with Crippen molar-refractivity contribution in [2.24, 2.45) is 5.73 Å². The molecule has 15 heavy (non-hydrogen) atoms. The first-order valence-electron chi connectivity index (χ1n) is 5.05. The fourth-order valence-corrected chi connectivity index (χ4v) is 1.31. The predicted octanol–water partition coefficient (Wildman–Crippen LogP) is 1.99. The summed E-state index contributed by atoms with van der Waals surface area (Å²) in [5.74, 6) is 0.390. The Morgan fingerprint density at radius 2 is 2.20 bits per heavy atom. The van der Waals surface area contributed by atoms with Gasteiger partial charge in [-0.05, 0) is 31.5 Å². The summed E-state index contributed by atoms with van der Waals surface area (Å²) in [5.41, 5.74) is 6.07. The molecule has 0 saturated heterocycles. The van der Waals surface area contributed by atoms with Crippen LogP contribution >= 0.6 is 0 Å². The van der Waals surface area contributed by atoms with Gasteiger partial charge in [0.05, 0.1) is 12.8 Å². The van der Waals surface area contributed by atoms with Crippen LogP contribution < -0.4 is 15.8 Å². The van der Waals surface area contributed by atoms with Crippen molar-refractivity contribution < 1.29 is 9.13 Å². The first-order chi connectivity index (χ1) is 7.27. The largest absolute Gasteiger partial charge is 0.495 e. The number of rotatable bonds is 6. The summed E-state index contributed by atoms with van der Waals surface area (Å²) < 4.78 is 18.0. The molecule has 1 rings (SSSR count). The van der Waals surface area contributed by atoms with Crippen LogP contribution in [0.1, 0.15) is 12.8 Å². The monoisotopic (exact) mass is 212 g/mol. The van der Waals surface area contributed by atoms with Crippen molar-refractivity contribution in [1.29, 1.82) is 0 Å². The second-order valence-corrected chi connectivity index (χ2v) is 3.27. The summed E-state index contributed by atoms with van der Waals surface area (Å²) in [6, 6.07) is 4.42. The molecule has 0 aromatic heterocycles. The van der Waals surface area contributed by atoms with Crippen molar-refractivity contribution in [1.82, 2.24) is 0 Å². The average Bonchev–Trinajstić information content (AvgIpc) is 2.25. The fourth-order valence-electron chi connectivity index (χ4n) is 1.31. The highest BCUT2D eigenvalue weighted by atomic mass is 19.1. The van der Waals surface area contributed by atoms with Gasteiger partial charge in [-0.3, -0.25) is 0 Å². The lowest BCUT2D eigenvalue weighted by molar-refractivity contribution is 0.415. The Kier molecular flexibility index (Phi) is 4.90. The molecule has 0 atom stereocenters. The second kappa shape index (κ2) is 6.24. The highest BCUT2D eigenvalue weighted by Gasteiger charge is 2.03. The Labute approximate surface area is 89.4 Å². The van der Waals surface area contributed by atoms with E-state index in [4.69, 9.17) is 10.5 Å². The van der Waals surface area contributed by atoms with Gasteiger partial charge in [0, 0.05) is 12.6 Å². The Morgan fingerprint density at radius 3 is 2.87 bits per heavy atom. The molecule has 3 nitrogen and oxygen atoms in total. The van der Waals surface area contributed by atoms with Crippen LogP contribution in [0.3, 0.4) is 0 Å². The Balaban J connectivity index is 2.54. The predicted molar refractivity (Wildman–Crippen MR) is 59.7 cm³/mol. The molecule has 0 bridgehead atoms. The van der Waals surface area contributed by atoms with Crippen molar-refractivity contribution in [3.63, 3.8) is 0 Å². The van der Waals surface area contributed by atoms with Crippen molar-refractivity contribution in [2.45, 2.75) is 12.8 Å². The normalized spacial score (nSPS) is 10.1. The van der Waals surface area contributed by atoms with Crippen molar-refractivity contribution in [3.8, 4) is 5.75 Å². The first-order valence-corrected chi connectivity index (χ1v) is 5.05. The average molecular weight is 212 g/mol. The highest BCUT2D eigenvalue weighted by molar-refractivity contribution is 5.56. The molecule has 0 aliphatic rings. The van der Waals surface area contributed by atoms with E-state index in [0.29, 0.717) is 18.0 Å². The number of hydrogen-bond donors (Lipinski definition) is 2. The highest BCUT2D eigenvalue weighted by Crippen LogP contribution is 2.24. The van der Waals surface area contributed by atoms with Crippen LogP contribution in [0.2, 0.25) is 0 Å². The molecular weight excluding hydrogens is 195 g/mol. The molecule has 1 aromatic carbocycles. The molecule has 0 radical (unpaired) electrons. The summed E-state index contributed by atoms with van der Waals surface area (Å²) in [7, 11) is 1.57. The van der Waals surface area contributed by atoms with Crippen LogP contribution in [0.15, 0.2) is 18.2 Å². The smallest absolute Gasteiger partial charge is 0.142 e. The molecule has 0 aliphatic carbocycles. The van der Waals surface area contributed by atoms with Gasteiger partial charge in [-0.2, -0.15) is 0 Å². The Hall–Kier alpha value is -1.29. The number of nitrogens with one attached hydrogen (secondary N) is 1. The summed E-state index contributed by atoms with van der Waals surface area (Å²) in [6.45, 7) is 1.46. The minimum atomic E-state index is -0.267. The molecule has 0 amide bonds. The van der Waals surface area contributed by atoms with E-state index < -0.39 is 0 Å². The molecule has 4 heteroatoms. The van der Waals surface area contributed by atoms with Gasteiger partial charge in [0.1, 0.15) is 11.6 Å². The van der Waals surface area contributed by atoms with Crippen LogP contribution in [0, 0.1) is 5.82 Å². The zero-order chi connectivity index (χ0) is 11.1. The van der Waals surface area contributed by atoms with Gasteiger partial charge in [-0.1, -0.05) is 0 Å². The van der Waals surface area contributed by atoms with Gasteiger partial charge >= 0.3 is 0 Å². The second-order valence-electron chi connectivity index (χ2n) is 3.27. The van der Waals surface area contributed by atoms with Gasteiger partial charge in [-0.25, -0.2) is 4.39 Å². The lowest BCUT2D eigenvalue weighted by Crippen LogP contribution is -2.06. The van der Waals surface area contributed by atoms with E-state index in [0.717, 1.165) is 19.4 Å². The summed E-state index contributed by atoms with van der Waals surface area (Å²) in [4.78, 5) is 0. The van der Waals surface area contributed by atoms with Crippen LogP contribution in [-0.4, -0.2) is 20.2 Å². The Bertz CT molecular complexity index is 305. The maximum Gasteiger partial charge on any atom is 0.142 e. The van der Waals surface area contributed by atoms with E-state index in [1.807, 2.05) is 0 Å². The molecule has 3 N–H and O–H groups in total. The van der Waals surface area contributed by atoms with E-state index in [2.05, 4.69) is 5.32 Å². The van der Waals surface area contributed by atoms with E-state index in [9.17, 15) is 4.39 Å². The molecule has 0 aliphatic heterocycles. The van der Waals surface area contributed by atoms with Gasteiger partial charge in [0.25, 0.3) is 0 Å². The third kappa shape index (κ3) is 3.75. The van der Waals surface area contributed by atoms with Gasteiger partial charge in [0.2, 0.25) is 0 Å². The van der Waals surface area contributed by atoms with E-state index in [1.165, 1.54) is 12.1 Å². The quantitative estimate of drug-likeness (QED) is 0.709. The molecule has 0 fully saturated rings. The third-order valence-electron chi connectivity index (χ3n) is 2.11. The van der Waals surface area contributed by atoms with Gasteiger partial charge < -0.3 is 15.8 Å². The van der Waals surface area contributed by atoms with E-state index >= 15 is 0 Å². The van der Waals surface area contributed by atoms with Crippen LogP contribution in [0.25, 0.3) is 0 Å². The lowest BCUT2D eigenvalue weighted by atomic mass is 10.2. The standard InChI is InChI=1S/C11H17FN2O/c1-15-11-5-4-9(12)8-10(11)14-7-3-2-6-13/h4-5,8,14H,2-3,6-7,13H2,1H3. The first kappa shape index (κ1) is 11.8. The summed E-state index contributed by atoms with van der Waals surface area (Å²) in [5, 5.41) is 3.12. The number of hydrogen-bond acceptors (Lipinski definition) is 3. The fraction of sp³-hybridized carbons (Fsp3) is 0.455. The third-order valence-corrected chi connectivity index (χ3v) is 2.11. The van der Waals surface area contributed by atoms with Crippen LogP contribution in [0.4, 0.5) is 10.1 Å². The topological polar surface area (TPSA) is 47.3 Å². The maximum atomic E-state index is 12.9. The zero-order valence-corrected chi connectivity index (χ0v) is 8.92. The number of anilines is 1. The van der Waals surface area contributed by atoms with Crippen LogP contribution in [0.5, 0.6) is 5.75 Å². The lowest BCUT2D eigenvalue weighted by Gasteiger charge is -2.10. The zero-order valence-electron chi connectivity index (χ0n) is 8.92. The molecule has 0 spiro atoms. The molecule has 1 aromatic rings. The minimum absolute atomic E-state index is 0.267. The van der Waals surface area contributed by atoms with E-state index in [1.54, 1.807) is 13.2 Å². The Morgan fingerprint density at radius 1 is 1.40 bits per heavy atom. The number of nitrogens with two attached hydrogens (primary N) is 1. The number of halogens is 1. The summed E-state index contributed by atoms with van der Waals surface area (Å²) in [6.07, 6.45) is 1.93. The maximum absolute atomic E-state index is 12.9. The number of unbranched alkanes of at least 4 members (excludes halogenated alkanes) is 1. The summed E-state index contributed by atoms with van der Waals surface area (Å²) >= 11 is 0. The number of ether oxygens (including phenoxy) is 1. The van der Waals surface area contributed by atoms with E-state index in [-0.39, 0.29) is 5.82 Å². The van der Waals surface area contributed by atoms with Crippen molar-refractivity contribution >= 4 is 5.69 Å². The van der Waals surface area contributed by atoms with Gasteiger partial charge in [-0.15, -0.1) is 0 Å². The van der Waals surface area contributed by atoms with Crippen molar-refractivity contribution in [2.75, 3.05) is 25.5 Å². The van der Waals surface area contributed by atoms with Crippen LogP contribution in [-0.2, 0) is 0 Å². The molecule has 0 saturated carbocycles. The molecule has 84 valence electrons. The SMILES string of the molecule is COc1ccc(F)cc1NCCCCN. The number of methoxy groups -OCH3 is 1. The number of benzene rings is 1. The molecule has 0 heterocycles.